The highest BCUT2D eigenvalue weighted by atomic mass is 16.5. The number of fused-ring (bicyclic) bond motifs is 2. The lowest BCUT2D eigenvalue weighted by atomic mass is 9.78. The molecule has 31 heavy (non-hydrogen) atoms. The Balaban J connectivity index is 1.50. The van der Waals surface area contributed by atoms with Gasteiger partial charge < -0.3 is 10.1 Å². The van der Waals surface area contributed by atoms with E-state index >= 15 is 0 Å². The number of amides is 1. The van der Waals surface area contributed by atoms with Crippen LogP contribution in [0.1, 0.15) is 71.6 Å². The molecule has 2 aromatic rings. The van der Waals surface area contributed by atoms with Crippen molar-refractivity contribution in [2.45, 2.75) is 76.1 Å². The molecule has 3 heterocycles. The number of hydrogen-bond donors (Lipinski definition) is 1. The third-order valence-corrected chi connectivity index (χ3v) is 7.91. The number of nitrogens with one attached hydrogen (secondary N) is 1. The highest BCUT2D eigenvalue weighted by molar-refractivity contribution is 5.97. The Morgan fingerprint density at radius 1 is 1.06 bits per heavy atom. The first kappa shape index (κ1) is 20.7. The highest BCUT2D eigenvalue weighted by Gasteiger charge is 2.56. The maximum atomic E-state index is 13.6. The van der Waals surface area contributed by atoms with Crippen molar-refractivity contribution in [1.82, 2.24) is 10.2 Å². The summed E-state index contributed by atoms with van der Waals surface area (Å²) >= 11 is 0. The van der Waals surface area contributed by atoms with Crippen LogP contribution in [-0.4, -0.2) is 41.6 Å². The molecule has 2 bridgehead atoms. The second-order valence-electron chi connectivity index (χ2n) is 9.71. The number of ether oxygens (including phenoxy) is 1. The van der Waals surface area contributed by atoms with Crippen molar-refractivity contribution < 1.29 is 9.53 Å². The molecule has 0 saturated carbocycles. The molecule has 164 valence electrons. The number of rotatable bonds is 6. The van der Waals surface area contributed by atoms with Crippen molar-refractivity contribution in [1.29, 1.82) is 0 Å². The van der Waals surface area contributed by atoms with E-state index in [0.29, 0.717) is 12.1 Å². The highest BCUT2D eigenvalue weighted by Crippen LogP contribution is 2.53. The molecular formula is C27H34N2O2. The van der Waals surface area contributed by atoms with Crippen molar-refractivity contribution >= 4 is 5.91 Å². The summed E-state index contributed by atoms with van der Waals surface area (Å²) in [6, 6.07) is 17.3. The van der Waals surface area contributed by atoms with Gasteiger partial charge in [-0.1, -0.05) is 48.5 Å². The first-order chi connectivity index (χ1) is 15.1. The predicted octanol–water partition coefficient (Wildman–Crippen LogP) is 4.95. The van der Waals surface area contributed by atoms with Crippen LogP contribution in [0.25, 0.3) is 0 Å². The van der Waals surface area contributed by atoms with Crippen LogP contribution >= 0.6 is 0 Å². The maximum Gasteiger partial charge on any atom is 0.252 e. The molecule has 4 nitrogen and oxygen atoms in total. The van der Waals surface area contributed by atoms with Crippen molar-refractivity contribution in [2.75, 3.05) is 13.2 Å². The van der Waals surface area contributed by atoms with Gasteiger partial charge >= 0.3 is 0 Å². The lowest BCUT2D eigenvalue weighted by Gasteiger charge is -2.43. The van der Waals surface area contributed by atoms with Gasteiger partial charge in [-0.05, 0) is 69.1 Å². The molecule has 3 aliphatic heterocycles. The minimum atomic E-state index is -0.0236. The van der Waals surface area contributed by atoms with Gasteiger partial charge in [0.25, 0.3) is 5.91 Å². The molecule has 0 aromatic heterocycles. The second kappa shape index (κ2) is 8.40. The molecule has 3 saturated heterocycles. The van der Waals surface area contributed by atoms with Gasteiger partial charge in [-0.15, -0.1) is 0 Å². The molecule has 0 radical (unpaired) electrons. The number of aryl methyl sites for hydroxylation is 2. The van der Waals surface area contributed by atoms with Crippen molar-refractivity contribution in [2.24, 2.45) is 0 Å². The lowest BCUT2D eigenvalue weighted by Crippen LogP contribution is -2.54. The molecule has 2 atom stereocenters. The van der Waals surface area contributed by atoms with Gasteiger partial charge in [-0.25, -0.2) is 0 Å². The molecule has 5 rings (SSSR count). The van der Waals surface area contributed by atoms with Crippen LogP contribution in [0.2, 0.25) is 0 Å². The van der Waals surface area contributed by atoms with E-state index in [4.69, 9.17) is 4.74 Å². The minimum Gasteiger partial charge on any atom is -0.377 e. The normalized spacial score (nSPS) is 28.7. The Kier molecular flexibility index (Phi) is 5.61. The molecule has 0 spiro atoms. The van der Waals surface area contributed by atoms with E-state index in [1.807, 2.05) is 32.0 Å². The Hall–Kier alpha value is -2.17. The van der Waals surface area contributed by atoms with Gasteiger partial charge in [0.05, 0.1) is 12.1 Å². The third kappa shape index (κ3) is 3.70. The van der Waals surface area contributed by atoms with Crippen LogP contribution in [0, 0.1) is 13.8 Å². The number of benzene rings is 2. The van der Waals surface area contributed by atoms with Crippen molar-refractivity contribution in [3.63, 3.8) is 0 Å². The van der Waals surface area contributed by atoms with Crippen LogP contribution in [0.4, 0.5) is 0 Å². The van der Waals surface area contributed by atoms with Gasteiger partial charge in [-0.3, -0.25) is 9.69 Å². The van der Waals surface area contributed by atoms with E-state index in [0.717, 1.165) is 49.1 Å². The number of hydrogen-bond acceptors (Lipinski definition) is 3. The quantitative estimate of drug-likeness (QED) is 0.722. The van der Waals surface area contributed by atoms with E-state index in [9.17, 15) is 4.79 Å². The standard InChI is InChI=1S/C27H34N2O2/c1-19-8-6-9-20(2)24(19)26(30)28-25(21-10-4-3-5-11-21)27-15-13-22(14-16-27)29(27)18-23-12-7-17-31-23/h3-6,8-11,22-23,25H,7,12-18H2,1-2H3,(H,28,30). The van der Waals surface area contributed by atoms with E-state index in [-0.39, 0.29) is 17.5 Å². The molecule has 1 N–H and O–H groups in total. The smallest absolute Gasteiger partial charge is 0.252 e. The first-order valence-electron chi connectivity index (χ1n) is 11.9. The van der Waals surface area contributed by atoms with Gasteiger partial charge in [0.1, 0.15) is 0 Å². The van der Waals surface area contributed by atoms with Gasteiger partial charge in [0, 0.05) is 30.3 Å². The first-order valence-corrected chi connectivity index (χ1v) is 11.9. The molecule has 1 amide bonds. The second-order valence-corrected chi connectivity index (χ2v) is 9.71. The van der Waals surface area contributed by atoms with E-state index in [1.165, 1.54) is 24.8 Å². The monoisotopic (exact) mass is 418 g/mol. The van der Waals surface area contributed by atoms with Crippen LogP contribution in [-0.2, 0) is 4.74 Å². The zero-order valence-corrected chi connectivity index (χ0v) is 18.8. The number of carbonyl (C=O) groups is 1. The van der Waals surface area contributed by atoms with Gasteiger partial charge in [0.2, 0.25) is 0 Å². The Bertz CT molecular complexity index is 907. The fraction of sp³-hybridized carbons (Fsp3) is 0.519. The molecule has 2 aromatic carbocycles. The molecule has 2 unspecified atom stereocenters. The maximum absolute atomic E-state index is 13.6. The molecule has 3 fully saturated rings. The predicted molar refractivity (Wildman–Crippen MR) is 123 cm³/mol. The van der Waals surface area contributed by atoms with Crippen LogP contribution < -0.4 is 5.32 Å². The zero-order chi connectivity index (χ0) is 21.4. The Morgan fingerprint density at radius 2 is 1.77 bits per heavy atom. The SMILES string of the molecule is Cc1cccc(C)c1C(=O)NC(c1ccccc1)C12CCC(CC1)N2CC1CCCO1. The topological polar surface area (TPSA) is 41.6 Å². The number of nitrogens with zero attached hydrogens (tertiary/aromatic N) is 1. The van der Waals surface area contributed by atoms with Gasteiger partial charge in [0.15, 0.2) is 0 Å². The number of carbonyl (C=O) groups excluding carboxylic acids is 1. The fourth-order valence-electron chi connectivity index (χ4n) is 6.41. The van der Waals surface area contributed by atoms with Crippen LogP contribution in [0.5, 0.6) is 0 Å². The summed E-state index contributed by atoms with van der Waals surface area (Å²) in [4.78, 5) is 16.3. The van der Waals surface area contributed by atoms with Crippen molar-refractivity contribution in [3.05, 3.63) is 70.8 Å². The Labute approximate surface area is 186 Å². The summed E-state index contributed by atoms with van der Waals surface area (Å²) in [5, 5.41) is 3.53. The summed E-state index contributed by atoms with van der Waals surface area (Å²) in [6.45, 7) is 5.94. The summed E-state index contributed by atoms with van der Waals surface area (Å²) in [6.07, 6.45) is 7.37. The summed E-state index contributed by atoms with van der Waals surface area (Å²) in [7, 11) is 0. The third-order valence-electron chi connectivity index (χ3n) is 7.91. The van der Waals surface area contributed by atoms with E-state index in [1.54, 1.807) is 0 Å². The lowest BCUT2D eigenvalue weighted by molar-refractivity contribution is 0.0294. The Morgan fingerprint density at radius 3 is 2.42 bits per heavy atom. The molecule has 4 heteroatoms. The summed E-state index contributed by atoms with van der Waals surface area (Å²) < 4.78 is 6.02. The average Bonchev–Trinajstić information content (AvgIpc) is 3.50. The molecule has 0 aliphatic carbocycles. The van der Waals surface area contributed by atoms with Crippen molar-refractivity contribution in [3.8, 4) is 0 Å². The van der Waals surface area contributed by atoms with E-state index in [2.05, 4.69) is 40.5 Å². The summed E-state index contributed by atoms with van der Waals surface area (Å²) in [5.41, 5.74) is 4.08. The summed E-state index contributed by atoms with van der Waals surface area (Å²) in [5.74, 6) is 0.0474. The zero-order valence-electron chi connectivity index (χ0n) is 18.8. The largest absolute Gasteiger partial charge is 0.377 e. The molecular weight excluding hydrogens is 384 g/mol. The fourth-order valence-corrected chi connectivity index (χ4v) is 6.41. The van der Waals surface area contributed by atoms with Crippen LogP contribution in [0.15, 0.2) is 48.5 Å². The van der Waals surface area contributed by atoms with Gasteiger partial charge in [-0.2, -0.15) is 0 Å². The average molecular weight is 419 g/mol. The molecule has 3 aliphatic rings. The van der Waals surface area contributed by atoms with E-state index < -0.39 is 0 Å². The minimum absolute atomic E-state index is 0.0193. The van der Waals surface area contributed by atoms with Crippen LogP contribution in [0.3, 0.4) is 0 Å².